The maximum absolute atomic E-state index is 11.0. The van der Waals surface area contributed by atoms with Gasteiger partial charge < -0.3 is 10.1 Å². The Kier molecular flexibility index (Phi) is 5.05. The molecular weight excluding hydrogens is 270 g/mol. The molecule has 1 N–H and O–H groups in total. The Hall–Kier alpha value is -2.21. The van der Waals surface area contributed by atoms with Crippen molar-refractivity contribution in [2.24, 2.45) is 5.92 Å². The summed E-state index contributed by atoms with van der Waals surface area (Å²) >= 11 is 0. The number of rotatable bonds is 7. The van der Waals surface area contributed by atoms with E-state index in [4.69, 9.17) is 4.74 Å². The van der Waals surface area contributed by atoms with Gasteiger partial charge in [0.05, 0.1) is 16.9 Å². The molecule has 0 spiro atoms. The van der Waals surface area contributed by atoms with Crippen LogP contribution in [0.1, 0.15) is 13.8 Å². The predicted molar refractivity (Wildman–Crippen MR) is 82.5 cm³/mol. The quantitative estimate of drug-likeness (QED) is 0.481. The van der Waals surface area contributed by atoms with Gasteiger partial charge in [-0.3, -0.25) is 15.1 Å². The van der Waals surface area contributed by atoms with Crippen LogP contribution in [0.5, 0.6) is 0 Å². The number of fused-ring (bicyclic) bond motifs is 1. The fourth-order valence-electron chi connectivity index (χ4n) is 2.07. The highest BCUT2D eigenvalue weighted by atomic mass is 16.6. The highest BCUT2D eigenvalue weighted by Crippen LogP contribution is 2.30. The Morgan fingerprint density at radius 2 is 2.14 bits per heavy atom. The molecule has 0 amide bonds. The summed E-state index contributed by atoms with van der Waals surface area (Å²) in [4.78, 5) is 14.6. The molecule has 0 aliphatic carbocycles. The number of benzene rings is 1. The smallest absolute Gasteiger partial charge is 0.278 e. The highest BCUT2D eigenvalue weighted by Gasteiger charge is 2.13. The molecule has 2 aromatic rings. The minimum absolute atomic E-state index is 0.0692. The lowest BCUT2D eigenvalue weighted by Gasteiger charge is -2.11. The van der Waals surface area contributed by atoms with Crippen LogP contribution in [0.3, 0.4) is 0 Å². The number of pyridine rings is 1. The Labute approximate surface area is 123 Å². The molecule has 6 heteroatoms. The van der Waals surface area contributed by atoms with Crippen molar-refractivity contribution in [3.63, 3.8) is 0 Å². The van der Waals surface area contributed by atoms with Crippen LogP contribution in [0.15, 0.2) is 30.6 Å². The molecule has 0 aliphatic heterocycles. The summed E-state index contributed by atoms with van der Waals surface area (Å²) in [6.45, 7) is 6.19. The minimum Gasteiger partial charge on any atom is -0.382 e. The number of non-ortho nitro benzene ring substituents is 1. The number of aromatic nitrogens is 1. The van der Waals surface area contributed by atoms with E-state index in [9.17, 15) is 10.1 Å². The van der Waals surface area contributed by atoms with E-state index in [-0.39, 0.29) is 10.6 Å². The molecule has 0 aliphatic rings. The fourth-order valence-corrected chi connectivity index (χ4v) is 2.07. The molecule has 1 aromatic heterocycles. The van der Waals surface area contributed by atoms with E-state index >= 15 is 0 Å². The maximum Gasteiger partial charge on any atom is 0.278 e. The van der Waals surface area contributed by atoms with Crippen molar-refractivity contribution in [2.45, 2.75) is 13.8 Å². The van der Waals surface area contributed by atoms with Crippen molar-refractivity contribution >= 4 is 22.1 Å². The molecule has 0 saturated carbocycles. The third kappa shape index (κ3) is 3.88. The average Bonchev–Trinajstić information content (AvgIpc) is 2.46. The minimum atomic E-state index is -0.389. The lowest BCUT2D eigenvalue weighted by Crippen LogP contribution is -2.12. The molecular formula is C15H19N3O3. The molecule has 0 saturated heterocycles. The third-order valence-electron chi connectivity index (χ3n) is 3.00. The summed E-state index contributed by atoms with van der Waals surface area (Å²) in [6.07, 6.45) is 3.15. The van der Waals surface area contributed by atoms with Crippen LogP contribution < -0.4 is 5.32 Å². The van der Waals surface area contributed by atoms with Gasteiger partial charge in [0.2, 0.25) is 0 Å². The second-order valence-corrected chi connectivity index (χ2v) is 5.21. The molecule has 0 radical (unpaired) electrons. The lowest BCUT2D eigenvalue weighted by atomic mass is 10.1. The molecule has 0 bridgehead atoms. The zero-order valence-electron chi connectivity index (χ0n) is 12.2. The van der Waals surface area contributed by atoms with Crippen LogP contribution in [-0.4, -0.2) is 29.7 Å². The highest BCUT2D eigenvalue weighted by molar-refractivity contribution is 5.99. The van der Waals surface area contributed by atoms with E-state index < -0.39 is 0 Å². The van der Waals surface area contributed by atoms with Gasteiger partial charge in [0.15, 0.2) is 0 Å². The lowest BCUT2D eigenvalue weighted by molar-refractivity contribution is -0.383. The fraction of sp³-hybridized carbons (Fsp3) is 0.400. The maximum atomic E-state index is 11.0. The third-order valence-corrected chi connectivity index (χ3v) is 3.00. The van der Waals surface area contributed by atoms with E-state index in [1.807, 2.05) is 0 Å². The first-order chi connectivity index (χ1) is 10.1. The SMILES string of the molecule is CC(C)COCCNc1ccc([N+](=O)[O-])c2cnccc12. The first kappa shape index (κ1) is 15.2. The van der Waals surface area contributed by atoms with E-state index in [2.05, 4.69) is 24.1 Å². The number of anilines is 1. The zero-order chi connectivity index (χ0) is 15.2. The number of nitro benzene ring substituents is 1. The largest absolute Gasteiger partial charge is 0.382 e. The van der Waals surface area contributed by atoms with Crippen LogP contribution in [0, 0.1) is 16.0 Å². The predicted octanol–water partition coefficient (Wildman–Crippen LogP) is 3.23. The summed E-state index contributed by atoms with van der Waals surface area (Å²) < 4.78 is 5.51. The van der Waals surface area contributed by atoms with Crippen molar-refractivity contribution < 1.29 is 9.66 Å². The first-order valence-corrected chi connectivity index (χ1v) is 6.92. The van der Waals surface area contributed by atoms with Gasteiger partial charge in [-0.05, 0) is 18.1 Å². The Morgan fingerprint density at radius 1 is 1.33 bits per heavy atom. The molecule has 0 fully saturated rings. The summed E-state index contributed by atoms with van der Waals surface area (Å²) in [5.41, 5.74) is 0.922. The Bertz CT molecular complexity index is 629. The van der Waals surface area contributed by atoms with Crippen molar-refractivity contribution in [2.75, 3.05) is 25.1 Å². The van der Waals surface area contributed by atoms with E-state index in [0.29, 0.717) is 24.5 Å². The summed E-state index contributed by atoms with van der Waals surface area (Å²) in [7, 11) is 0. The molecule has 2 rings (SSSR count). The molecule has 0 unspecified atom stereocenters. The van der Waals surface area contributed by atoms with Gasteiger partial charge in [-0.2, -0.15) is 0 Å². The molecule has 112 valence electrons. The van der Waals surface area contributed by atoms with Crippen molar-refractivity contribution in [1.29, 1.82) is 0 Å². The summed E-state index contributed by atoms with van der Waals surface area (Å²) in [6, 6.07) is 5.00. The van der Waals surface area contributed by atoms with Gasteiger partial charge in [0.1, 0.15) is 0 Å². The van der Waals surface area contributed by atoms with Crippen molar-refractivity contribution in [1.82, 2.24) is 4.98 Å². The van der Waals surface area contributed by atoms with Crippen molar-refractivity contribution in [3.8, 4) is 0 Å². The number of nitrogens with zero attached hydrogens (tertiary/aromatic N) is 2. The second-order valence-electron chi connectivity index (χ2n) is 5.21. The standard InChI is InChI=1S/C15H19N3O3/c1-11(2)10-21-8-7-17-14-3-4-15(18(19)20)13-9-16-6-5-12(13)14/h3-6,9,11,17H,7-8,10H2,1-2H3. The number of nitro groups is 1. The molecule has 1 aromatic carbocycles. The van der Waals surface area contributed by atoms with E-state index in [0.717, 1.165) is 17.7 Å². The summed E-state index contributed by atoms with van der Waals surface area (Å²) in [5, 5.41) is 15.6. The van der Waals surface area contributed by atoms with E-state index in [1.165, 1.54) is 12.3 Å². The topological polar surface area (TPSA) is 77.3 Å². The zero-order valence-corrected chi connectivity index (χ0v) is 12.2. The Balaban J connectivity index is 2.11. The van der Waals surface area contributed by atoms with Crippen LogP contribution in [-0.2, 0) is 4.74 Å². The first-order valence-electron chi connectivity index (χ1n) is 6.92. The van der Waals surface area contributed by atoms with Gasteiger partial charge in [-0.15, -0.1) is 0 Å². The second kappa shape index (κ2) is 6.99. The molecule has 1 heterocycles. The number of ether oxygens (including phenoxy) is 1. The van der Waals surface area contributed by atoms with Gasteiger partial charge >= 0.3 is 0 Å². The molecule has 0 atom stereocenters. The number of hydrogen-bond acceptors (Lipinski definition) is 5. The number of hydrogen-bond donors (Lipinski definition) is 1. The Morgan fingerprint density at radius 3 is 2.86 bits per heavy atom. The van der Waals surface area contributed by atoms with Gasteiger partial charge in [0, 0.05) is 42.7 Å². The van der Waals surface area contributed by atoms with Gasteiger partial charge in [-0.1, -0.05) is 13.8 Å². The van der Waals surface area contributed by atoms with Crippen molar-refractivity contribution in [3.05, 3.63) is 40.7 Å². The molecule has 6 nitrogen and oxygen atoms in total. The van der Waals surface area contributed by atoms with Crippen LogP contribution >= 0.6 is 0 Å². The number of nitrogens with one attached hydrogen (secondary N) is 1. The average molecular weight is 289 g/mol. The normalized spacial score (nSPS) is 11.0. The van der Waals surface area contributed by atoms with Crippen LogP contribution in [0.4, 0.5) is 11.4 Å². The van der Waals surface area contributed by atoms with Gasteiger partial charge in [-0.25, -0.2) is 0 Å². The van der Waals surface area contributed by atoms with Gasteiger partial charge in [0.25, 0.3) is 5.69 Å². The van der Waals surface area contributed by atoms with E-state index in [1.54, 1.807) is 18.3 Å². The summed E-state index contributed by atoms with van der Waals surface area (Å²) in [5.74, 6) is 0.510. The van der Waals surface area contributed by atoms with Crippen LogP contribution in [0.25, 0.3) is 10.8 Å². The monoisotopic (exact) mass is 289 g/mol. The molecule has 21 heavy (non-hydrogen) atoms. The van der Waals surface area contributed by atoms with Crippen LogP contribution in [0.2, 0.25) is 0 Å².